The van der Waals surface area contributed by atoms with Crippen LogP contribution in [0.1, 0.15) is 51.7 Å². The van der Waals surface area contributed by atoms with Gasteiger partial charge in [0.05, 0.1) is 4.90 Å². The number of carbonyl (C=O) groups is 2. The van der Waals surface area contributed by atoms with Crippen molar-refractivity contribution < 1.29 is 27.1 Å². The molecule has 0 saturated carbocycles. The number of nitrogens with zero attached hydrogens (tertiary/aromatic N) is 3. The summed E-state index contributed by atoms with van der Waals surface area (Å²) in [5.74, 6) is -1.23. The quantitative estimate of drug-likeness (QED) is 0.365. The Bertz CT molecular complexity index is 1320. The number of sulfonamides is 1. The minimum Gasteiger partial charge on any atom is -0.457 e. The molecule has 1 aromatic carbocycles. The number of hydrogen-bond donors (Lipinski definition) is 1. The molecular weight excluding hydrogens is 506 g/mol. The molecule has 1 heterocycles. The molecule has 1 aromatic heterocycles. The minimum absolute atomic E-state index is 0.00966. The summed E-state index contributed by atoms with van der Waals surface area (Å²) in [6.45, 7) is 4.95. The minimum atomic E-state index is -4.21. The molecule has 1 aliphatic rings. The molecule has 1 N–H and O–H groups in total. The molecule has 0 aliphatic heterocycles. The van der Waals surface area contributed by atoms with Gasteiger partial charge in [0.2, 0.25) is 5.91 Å². The van der Waals surface area contributed by atoms with Gasteiger partial charge >= 0.3 is 5.97 Å². The van der Waals surface area contributed by atoms with E-state index in [0.717, 1.165) is 31.1 Å². The van der Waals surface area contributed by atoms with Gasteiger partial charge < -0.3 is 4.74 Å². The molecule has 0 fully saturated rings. The van der Waals surface area contributed by atoms with E-state index in [2.05, 4.69) is 25.4 Å². The lowest BCUT2D eigenvalue weighted by atomic mass is 9.86. The molecule has 0 spiro atoms. The second-order valence-corrected chi connectivity index (χ2v) is 11.0. The molecule has 194 valence electrons. The van der Waals surface area contributed by atoms with E-state index in [1.807, 2.05) is 24.6 Å². The number of halogens is 1. The van der Waals surface area contributed by atoms with Gasteiger partial charge in [-0.05, 0) is 57.0 Å². The second-order valence-electron chi connectivity index (χ2n) is 8.71. The van der Waals surface area contributed by atoms with E-state index in [0.29, 0.717) is 18.7 Å². The third kappa shape index (κ3) is 7.07. The first-order chi connectivity index (χ1) is 17.0. The van der Waals surface area contributed by atoms with Crippen molar-refractivity contribution in [1.82, 2.24) is 19.5 Å². The van der Waals surface area contributed by atoms with Crippen molar-refractivity contribution in [2.45, 2.75) is 58.0 Å². The summed E-state index contributed by atoms with van der Waals surface area (Å²) in [6, 6.07) is 3.29. The molecule has 1 amide bonds. The normalized spacial score (nSPS) is 15.8. The van der Waals surface area contributed by atoms with Crippen molar-refractivity contribution in [3.63, 3.8) is 0 Å². The highest BCUT2D eigenvalue weighted by Crippen LogP contribution is 2.29. The number of nitrogens with one attached hydrogen (secondary N) is 1. The van der Waals surface area contributed by atoms with Gasteiger partial charge in [-0.1, -0.05) is 23.3 Å². The van der Waals surface area contributed by atoms with E-state index < -0.39 is 26.6 Å². The van der Waals surface area contributed by atoms with Crippen molar-refractivity contribution >= 4 is 31.1 Å². The predicted molar refractivity (Wildman–Crippen MR) is 135 cm³/mol. The monoisotopic (exact) mass is 536 g/mol. The molecule has 2 unspecified atom stereocenters. The zero-order valence-corrected chi connectivity index (χ0v) is 22.4. The highest BCUT2D eigenvalue weighted by Gasteiger charge is 2.24. The summed E-state index contributed by atoms with van der Waals surface area (Å²) in [6.07, 6.45) is 7.09. The van der Waals surface area contributed by atoms with Crippen LogP contribution in [0.25, 0.3) is 5.69 Å². The summed E-state index contributed by atoms with van der Waals surface area (Å²) in [5, 5.41) is 4.37. The van der Waals surface area contributed by atoms with Crippen LogP contribution in [-0.2, 0) is 37.4 Å². The van der Waals surface area contributed by atoms with Crippen molar-refractivity contribution in [2.24, 2.45) is 5.92 Å². The van der Waals surface area contributed by atoms with Crippen LogP contribution in [0.3, 0.4) is 0 Å². The molecule has 3 rings (SSSR count). The SMILES string of the molecule is CC(=O)NS(=O)(=O)c1ccc(-n2nc(COC(=O)CCCP)nc2CC2CC(C)=CC=C2C)c(F)c1. The number of esters is 1. The molecule has 0 bridgehead atoms. The Hall–Kier alpha value is -2.91. The van der Waals surface area contributed by atoms with E-state index in [-0.39, 0.29) is 36.4 Å². The van der Waals surface area contributed by atoms with Gasteiger partial charge in [-0.25, -0.2) is 27.2 Å². The molecule has 0 saturated heterocycles. The summed E-state index contributed by atoms with van der Waals surface area (Å²) in [7, 11) is -1.66. The Kier molecular flexibility index (Phi) is 9.13. The Morgan fingerprint density at radius 1 is 1.28 bits per heavy atom. The van der Waals surface area contributed by atoms with E-state index in [9.17, 15) is 18.0 Å². The zero-order chi connectivity index (χ0) is 26.5. The molecular formula is C24H30FN4O5PS. The summed E-state index contributed by atoms with van der Waals surface area (Å²) >= 11 is 0. The topological polar surface area (TPSA) is 120 Å². The lowest BCUT2D eigenvalue weighted by Gasteiger charge is -2.21. The summed E-state index contributed by atoms with van der Waals surface area (Å²) < 4.78 is 48.1. The fourth-order valence-electron chi connectivity index (χ4n) is 3.80. The third-order valence-corrected chi connectivity index (χ3v) is 7.51. The standard InChI is InChI=1S/C24H30FN4O5PS/c1-15-6-7-16(2)18(11-15)12-23-26-22(14-34-24(31)5-4-10-35)27-29(23)21-9-8-19(13-20(21)25)36(32,33)28-17(3)30/h6-9,13,18H,4-5,10-12,14,35H2,1-3H3,(H,28,30). The Labute approximate surface area is 212 Å². The fourth-order valence-corrected chi connectivity index (χ4v) is 5.00. The van der Waals surface area contributed by atoms with Crippen LogP contribution in [-0.4, -0.2) is 41.2 Å². The lowest BCUT2D eigenvalue weighted by molar-refractivity contribution is -0.145. The third-order valence-electron chi connectivity index (χ3n) is 5.67. The van der Waals surface area contributed by atoms with Crippen molar-refractivity contribution in [3.05, 3.63) is 59.0 Å². The van der Waals surface area contributed by atoms with E-state index in [1.165, 1.54) is 22.4 Å². The van der Waals surface area contributed by atoms with Crippen molar-refractivity contribution in [2.75, 3.05) is 6.16 Å². The zero-order valence-electron chi connectivity index (χ0n) is 20.5. The van der Waals surface area contributed by atoms with Crippen LogP contribution in [0.15, 0.2) is 46.4 Å². The van der Waals surface area contributed by atoms with Crippen LogP contribution >= 0.6 is 9.24 Å². The number of rotatable bonds is 10. The lowest BCUT2D eigenvalue weighted by Crippen LogP contribution is -2.28. The molecule has 0 radical (unpaired) electrons. The number of ether oxygens (including phenoxy) is 1. The highest BCUT2D eigenvalue weighted by molar-refractivity contribution is 7.90. The van der Waals surface area contributed by atoms with Gasteiger partial charge in [-0.3, -0.25) is 9.59 Å². The molecule has 12 heteroatoms. The van der Waals surface area contributed by atoms with Gasteiger partial charge in [0.1, 0.15) is 17.3 Å². The molecule has 36 heavy (non-hydrogen) atoms. The van der Waals surface area contributed by atoms with E-state index >= 15 is 4.39 Å². The van der Waals surface area contributed by atoms with Gasteiger partial charge in [0.15, 0.2) is 12.4 Å². The van der Waals surface area contributed by atoms with Crippen LogP contribution in [0, 0.1) is 11.7 Å². The largest absolute Gasteiger partial charge is 0.457 e. The molecule has 1 aliphatic carbocycles. The summed E-state index contributed by atoms with van der Waals surface area (Å²) in [5.41, 5.74) is 2.35. The maximum Gasteiger partial charge on any atom is 0.306 e. The number of hydrogen-bond acceptors (Lipinski definition) is 7. The molecule has 9 nitrogen and oxygen atoms in total. The highest BCUT2D eigenvalue weighted by atomic mass is 32.2. The van der Waals surface area contributed by atoms with Crippen molar-refractivity contribution in [1.29, 1.82) is 0 Å². The number of carbonyl (C=O) groups excluding carboxylic acids is 2. The first kappa shape index (κ1) is 27.7. The first-order valence-electron chi connectivity index (χ1n) is 11.5. The average molecular weight is 537 g/mol. The Balaban J connectivity index is 1.94. The fraction of sp³-hybridized carbons (Fsp3) is 0.417. The van der Waals surface area contributed by atoms with Crippen LogP contribution in [0.2, 0.25) is 0 Å². The maximum absolute atomic E-state index is 15.2. The molecule has 2 aromatic rings. The predicted octanol–water partition coefficient (Wildman–Crippen LogP) is 3.38. The number of aromatic nitrogens is 3. The second kappa shape index (κ2) is 11.9. The Morgan fingerprint density at radius 2 is 2.03 bits per heavy atom. The number of amides is 1. The van der Waals surface area contributed by atoms with Gasteiger partial charge in [0.25, 0.3) is 10.0 Å². The van der Waals surface area contributed by atoms with Gasteiger partial charge in [-0.15, -0.1) is 14.3 Å². The first-order valence-corrected chi connectivity index (χ1v) is 13.8. The van der Waals surface area contributed by atoms with Crippen LogP contribution in [0.4, 0.5) is 4.39 Å². The van der Waals surface area contributed by atoms with Crippen molar-refractivity contribution in [3.8, 4) is 5.69 Å². The number of allylic oxidation sites excluding steroid dienone is 4. The smallest absolute Gasteiger partial charge is 0.306 e. The van der Waals surface area contributed by atoms with E-state index in [4.69, 9.17) is 4.74 Å². The Morgan fingerprint density at radius 3 is 2.69 bits per heavy atom. The van der Waals surface area contributed by atoms with Crippen LogP contribution < -0.4 is 4.72 Å². The maximum atomic E-state index is 15.2. The van der Waals surface area contributed by atoms with E-state index in [1.54, 1.807) is 0 Å². The summed E-state index contributed by atoms with van der Waals surface area (Å²) in [4.78, 5) is 27.3. The van der Waals surface area contributed by atoms with Gasteiger partial charge in [0, 0.05) is 19.8 Å². The van der Waals surface area contributed by atoms with Crippen LogP contribution in [0.5, 0.6) is 0 Å². The number of benzene rings is 1. The van der Waals surface area contributed by atoms with Gasteiger partial charge in [-0.2, -0.15) is 0 Å². The average Bonchev–Trinajstić information content (AvgIpc) is 3.20. The molecule has 2 atom stereocenters.